The van der Waals surface area contributed by atoms with Gasteiger partial charge in [0.05, 0.1) is 12.5 Å². The number of amides is 2. The SMILES string of the molecule is COCCOc1ccc(NC(=O)N2CCCC(C(=O)O)C2)cc1F. The lowest BCUT2D eigenvalue weighted by Crippen LogP contribution is -2.44. The highest BCUT2D eigenvalue weighted by molar-refractivity contribution is 5.89. The van der Waals surface area contributed by atoms with Gasteiger partial charge in [-0.25, -0.2) is 9.18 Å². The van der Waals surface area contributed by atoms with Gasteiger partial charge in [0.25, 0.3) is 0 Å². The maximum atomic E-state index is 13.9. The molecule has 8 heteroatoms. The summed E-state index contributed by atoms with van der Waals surface area (Å²) < 4.78 is 24.0. The monoisotopic (exact) mass is 340 g/mol. The molecule has 24 heavy (non-hydrogen) atoms. The van der Waals surface area contributed by atoms with Gasteiger partial charge < -0.3 is 24.8 Å². The first-order valence-electron chi connectivity index (χ1n) is 7.71. The molecule has 1 aliphatic heterocycles. The Bertz CT molecular complexity index is 596. The van der Waals surface area contributed by atoms with Crippen molar-refractivity contribution < 1.29 is 28.6 Å². The van der Waals surface area contributed by atoms with Crippen molar-refractivity contribution in [2.24, 2.45) is 5.92 Å². The standard InChI is InChI=1S/C16H21FN2O5/c1-23-7-8-24-14-5-4-12(9-13(14)17)18-16(22)19-6-2-3-11(10-19)15(20)21/h4-5,9,11H,2-3,6-8,10H2,1H3,(H,18,22)(H,20,21). The Morgan fingerprint density at radius 3 is 2.88 bits per heavy atom. The average Bonchev–Trinajstić information content (AvgIpc) is 2.57. The van der Waals surface area contributed by atoms with Crippen molar-refractivity contribution in [1.82, 2.24) is 4.90 Å². The molecule has 1 aromatic carbocycles. The summed E-state index contributed by atoms with van der Waals surface area (Å²) in [6.07, 6.45) is 1.19. The molecule has 1 unspecified atom stereocenters. The molecule has 0 saturated carbocycles. The van der Waals surface area contributed by atoms with Gasteiger partial charge in [0.15, 0.2) is 11.6 Å². The third-order valence-corrected chi connectivity index (χ3v) is 3.79. The Morgan fingerprint density at radius 2 is 2.21 bits per heavy atom. The summed E-state index contributed by atoms with van der Waals surface area (Å²) in [6, 6.07) is 3.69. The van der Waals surface area contributed by atoms with Crippen LogP contribution in [0.15, 0.2) is 18.2 Å². The number of nitrogens with zero attached hydrogens (tertiary/aromatic N) is 1. The number of benzene rings is 1. The lowest BCUT2D eigenvalue weighted by molar-refractivity contribution is -0.143. The molecule has 0 bridgehead atoms. The second-order valence-electron chi connectivity index (χ2n) is 5.54. The van der Waals surface area contributed by atoms with Gasteiger partial charge >= 0.3 is 12.0 Å². The van der Waals surface area contributed by atoms with E-state index in [-0.39, 0.29) is 24.6 Å². The Kier molecular flexibility index (Phi) is 6.36. The number of carbonyl (C=O) groups excluding carboxylic acids is 1. The second kappa shape index (κ2) is 8.49. The number of hydrogen-bond acceptors (Lipinski definition) is 4. The minimum Gasteiger partial charge on any atom is -0.488 e. The number of nitrogens with one attached hydrogen (secondary N) is 1. The molecule has 1 atom stereocenters. The topological polar surface area (TPSA) is 88.1 Å². The average molecular weight is 340 g/mol. The van der Waals surface area contributed by atoms with Gasteiger partial charge in [-0.15, -0.1) is 0 Å². The Balaban J connectivity index is 1.94. The van der Waals surface area contributed by atoms with Gasteiger partial charge in [0, 0.05) is 32.0 Å². The number of anilines is 1. The summed E-state index contributed by atoms with van der Waals surface area (Å²) in [7, 11) is 1.52. The fourth-order valence-corrected chi connectivity index (χ4v) is 2.50. The van der Waals surface area contributed by atoms with Crippen LogP contribution in [0.3, 0.4) is 0 Å². The van der Waals surface area contributed by atoms with Crippen molar-refractivity contribution in [3.05, 3.63) is 24.0 Å². The number of carbonyl (C=O) groups is 2. The third kappa shape index (κ3) is 4.82. The number of carboxylic acids is 1. The van der Waals surface area contributed by atoms with Crippen LogP contribution in [0.1, 0.15) is 12.8 Å². The van der Waals surface area contributed by atoms with E-state index >= 15 is 0 Å². The van der Waals surface area contributed by atoms with Crippen LogP contribution in [0, 0.1) is 11.7 Å². The van der Waals surface area contributed by atoms with Gasteiger partial charge in [0.2, 0.25) is 0 Å². The van der Waals surface area contributed by atoms with Crippen molar-refractivity contribution in [2.75, 3.05) is 38.7 Å². The first-order valence-corrected chi connectivity index (χ1v) is 7.71. The van der Waals surface area contributed by atoms with E-state index in [2.05, 4.69) is 5.32 Å². The van der Waals surface area contributed by atoms with E-state index in [9.17, 15) is 14.0 Å². The molecule has 0 spiro atoms. The van der Waals surface area contributed by atoms with E-state index < -0.39 is 23.7 Å². The maximum absolute atomic E-state index is 13.9. The molecule has 1 aromatic rings. The Hall–Kier alpha value is -2.35. The Morgan fingerprint density at radius 1 is 1.42 bits per heavy atom. The van der Waals surface area contributed by atoms with E-state index in [1.54, 1.807) is 0 Å². The minimum absolute atomic E-state index is 0.0777. The van der Waals surface area contributed by atoms with E-state index in [1.165, 1.54) is 30.2 Å². The Labute approximate surface area is 139 Å². The van der Waals surface area contributed by atoms with Crippen LogP contribution in [-0.4, -0.2) is 55.4 Å². The summed E-state index contributed by atoms with van der Waals surface area (Å²) in [5.41, 5.74) is 0.286. The summed E-state index contributed by atoms with van der Waals surface area (Å²) in [4.78, 5) is 24.7. The maximum Gasteiger partial charge on any atom is 0.321 e. The fraction of sp³-hybridized carbons (Fsp3) is 0.500. The zero-order valence-electron chi connectivity index (χ0n) is 13.5. The van der Waals surface area contributed by atoms with Crippen molar-refractivity contribution in [2.45, 2.75) is 12.8 Å². The summed E-state index contributed by atoms with van der Waals surface area (Å²) >= 11 is 0. The van der Waals surface area contributed by atoms with Crippen LogP contribution in [0.25, 0.3) is 0 Å². The first kappa shape index (κ1) is 18.0. The second-order valence-corrected chi connectivity index (χ2v) is 5.54. The van der Waals surface area contributed by atoms with Crippen molar-refractivity contribution >= 4 is 17.7 Å². The van der Waals surface area contributed by atoms with Gasteiger partial charge in [-0.2, -0.15) is 0 Å². The van der Waals surface area contributed by atoms with Gasteiger partial charge in [-0.1, -0.05) is 0 Å². The quantitative estimate of drug-likeness (QED) is 0.775. The number of rotatable bonds is 6. The predicted octanol–water partition coefficient (Wildman–Crippen LogP) is 2.18. The molecule has 0 radical (unpaired) electrons. The zero-order valence-corrected chi connectivity index (χ0v) is 13.5. The molecule has 2 N–H and O–H groups in total. The summed E-state index contributed by atoms with van der Waals surface area (Å²) in [5.74, 6) is -1.98. The molecule has 1 fully saturated rings. The van der Waals surface area contributed by atoms with Crippen LogP contribution >= 0.6 is 0 Å². The van der Waals surface area contributed by atoms with Crippen LogP contribution in [0.2, 0.25) is 0 Å². The molecule has 0 aliphatic carbocycles. The molecule has 132 valence electrons. The lowest BCUT2D eigenvalue weighted by Gasteiger charge is -2.30. The fourth-order valence-electron chi connectivity index (χ4n) is 2.50. The minimum atomic E-state index is -0.906. The molecular weight excluding hydrogens is 319 g/mol. The van der Waals surface area contributed by atoms with Gasteiger partial charge in [-0.3, -0.25) is 4.79 Å². The van der Waals surface area contributed by atoms with Crippen molar-refractivity contribution in [3.63, 3.8) is 0 Å². The summed E-state index contributed by atoms with van der Waals surface area (Å²) in [5, 5.41) is 11.6. The molecule has 2 rings (SSSR count). The molecule has 1 saturated heterocycles. The smallest absolute Gasteiger partial charge is 0.321 e. The van der Waals surface area contributed by atoms with Gasteiger partial charge in [0.1, 0.15) is 6.61 Å². The first-order chi connectivity index (χ1) is 11.5. The zero-order chi connectivity index (χ0) is 17.5. The number of piperidine rings is 1. The van der Waals surface area contributed by atoms with Crippen LogP contribution < -0.4 is 10.1 Å². The molecule has 7 nitrogen and oxygen atoms in total. The number of likely N-dealkylation sites (tertiary alicyclic amines) is 1. The highest BCUT2D eigenvalue weighted by Gasteiger charge is 2.28. The van der Waals surface area contributed by atoms with E-state index in [1.807, 2.05) is 0 Å². The van der Waals surface area contributed by atoms with E-state index in [4.69, 9.17) is 14.6 Å². The number of carboxylic acid groups (broad SMARTS) is 1. The number of halogens is 1. The van der Waals surface area contributed by atoms with Crippen LogP contribution in [-0.2, 0) is 9.53 Å². The lowest BCUT2D eigenvalue weighted by atomic mass is 9.99. The van der Waals surface area contributed by atoms with Crippen molar-refractivity contribution in [1.29, 1.82) is 0 Å². The number of ether oxygens (including phenoxy) is 2. The number of urea groups is 1. The van der Waals surface area contributed by atoms with Gasteiger partial charge in [-0.05, 0) is 25.0 Å². The molecule has 1 aliphatic rings. The predicted molar refractivity (Wildman–Crippen MR) is 84.7 cm³/mol. The number of hydrogen-bond donors (Lipinski definition) is 2. The molecular formula is C16H21FN2O5. The highest BCUT2D eigenvalue weighted by Crippen LogP contribution is 2.22. The van der Waals surface area contributed by atoms with E-state index in [0.717, 1.165) is 0 Å². The van der Waals surface area contributed by atoms with E-state index in [0.29, 0.717) is 26.0 Å². The van der Waals surface area contributed by atoms with Crippen LogP contribution in [0.4, 0.5) is 14.9 Å². The molecule has 0 aromatic heterocycles. The van der Waals surface area contributed by atoms with Crippen LogP contribution in [0.5, 0.6) is 5.75 Å². The van der Waals surface area contributed by atoms with Crippen molar-refractivity contribution in [3.8, 4) is 5.75 Å². The largest absolute Gasteiger partial charge is 0.488 e. The number of aliphatic carboxylic acids is 1. The highest BCUT2D eigenvalue weighted by atomic mass is 19.1. The molecule has 2 amide bonds. The number of methoxy groups -OCH3 is 1. The summed E-state index contributed by atoms with van der Waals surface area (Å²) in [6.45, 7) is 1.21. The molecule has 1 heterocycles. The normalized spacial score (nSPS) is 17.4. The third-order valence-electron chi connectivity index (χ3n) is 3.79.